The zero-order valence-electron chi connectivity index (χ0n) is 20.4. The number of pyridine rings is 1. The monoisotopic (exact) mass is 430 g/mol. The van der Waals surface area contributed by atoms with Gasteiger partial charge in [-0.15, -0.1) is 0 Å². The van der Waals surface area contributed by atoms with Gasteiger partial charge in [-0.1, -0.05) is 6.07 Å². The first-order chi connectivity index (χ1) is 16.7. The van der Waals surface area contributed by atoms with Crippen molar-refractivity contribution in [1.29, 1.82) is 0 Å². The molecule has 5 aromatic rings. The molecule has 8 nitrogen and oxygen atoms in total. The number of fused-ring (bicyclic) bond motifs is 2. The molecule has 0 atom stereocenters. The summed E-state index contributed by atoms with van der Waals surface area (Å²) in [6, 6.07) is 15.2. The Morgan fingerprint density at radius 1 is 1.03 bits per heavy atom. The molecule has 3 aromatic heterocycles. The number of rotatable bonds is 5. The van der Waals surface area contributed by atoms with E-state index in [2.05, 4.69) is 15.1 Å². The summed E-state index contributed by atoms with van der Waals surface area (Å²) in [5.41, 5.74) is 2.61. The molecule has 8 heteroatoms. The predicted octanol–water partition coefficient (Wildman–Crippen LogP) is 3.74. The quantitative estimate of drug-likeness (QED) is 0.422. The van der Waals surface area contributed by atoms with Gasteiger partial charge in [-0.3, -0.25) is 14.0 Å². The second kappa shape index (κ2) is 7.81. The van der Waals surface area contributed by atoms with Gasteiger partial charge < -0.3 is 9.47 Å². The van der Waals surface area contributed by atoms with E-state index in [0.29, 0.717) is 34.9 Å². The first-order valence-electron chi connectivity index (χ1n) is 11.5. The Morgan fingerprint density at radius 3 is 2.62 bits per heavy atom. The van der Waals surface area contributed by atoms with Gasteiger partial charge in [0, 0.05) is 30.3 Å². The number of hydrogen-bond donors (Lipinski definition) is 0. The summed E-state index contributed by atoms with van der Waals surface area (Å²) in [4.78, 5) is 22.9. The molecule has 0 aliphatic heterocycles. The molecule has 160 valence electrons. The minimum Gasteiger partial charge on any atom is -0.497 e. The molecule has 0 bridgehead atoms. The van der Waals surface area contributed by atoms with Crippen LogP contribution in [0.25, 0.3) is 39.0 Å². The molecule has 0 fully saturated rings. The summed E-state index contributed by atoms with van der Waals surface area (Å²) in [6.45, 7) is 2.26. The summed E-state index contributed by atoms with van der Waals surface area (Å²) in [5.74, 6) is 0.521. The van der Waals surface area contributed by atoms with E-state index in [0.717, 1.165) is 10.9 Å². The molecule has 0 amide bonds. The number of methoxy groups -OCH3 is 1. The highest BCUT2D eigenvalue weighted by Gasteiger charge is 2.17. The summed E-state index contributed by atoms with van der Waals surface area (Å²) in [6.07, 6.45) is 1.87. The van der Waals surface area contributed by atoms with Crippen LogP contribution in [0, 0.1) is 0 Å². The fourth-order valence-electron chi connectivity index (χ4n) is 3.66. The highest BCUT2D eigenvalue weighted by molar-refractivity contribution is 5.85. The molecule has 2 aromatic carbocycles. The minimum atomic E-state index is -2.58. The Bertz CT molecular complexity index is 1610. The van der Waals surface area contributed by atoms with E-state index in [1.165, 1.54) is 16.7 Å². The van der Waals surface area contributed by atoms with Crippen molar-refractivity contribution in [3.63, 3.8) is 0 Å². The SMILES string of the molecule is [2H]C([2H])([2H])Oc1ccc(-n2c(=O)c(-c3ccc4nn(C)cc4c3)nc3ccc(OCC)nc32)cc1. The second-order valence-corrected chi connectivity index (χ2v) is 7.20. The molecule has 0 saturated carbocycles. The zero-order valence-corrected chi connectivity index (χ0v) is 17.4. The second-order valence-electron chi connectivity index (χ2n) is 7.20. The summed E-state index contributed by atoms with van der Waals surface area (Å²) in [5, 5.41) is 5.27. The highest BCUT2D eigenvalue weighted by atomic mass is 16.5. The molecule has 0 spiro atoms. The average Bonchev–Trinajstić information content (AvgIpc) is 3.18. The number of aromatic nitrogens is 5. The maximum absolute atomic E-state index is 13.8. The third-order valence-electron chi connectivity index (χ3n) is 5.08. The van der Waals surface area contributed by atoms with Gasteiger partial charge in [-0.05, 0) is 49.4 Å². The van der Waals surface area contributed by atoms with Crippen LogP contribution in [0.1, 0.15) is 11.0 Å². The van der Waals surface area contributed by atoms with Crippen molar-refractivity contribution < 1.29 is 13.6 Å². The van der Waals surface area contributed by atoms with Gasteiger partial charge in [0.2, 0.25) is 5.88 Å². The number of nitrogens with zero attached hydrogens (tertiary/aromatic N) is 5. The van der Waals surface area contributed by atoms with Crippen LogP contribution in [0.5, 0.6) is 11.6 Å². The largest absolute Gasteiger partial charge is 0.497 e. The van der Waals surface area contributed by atoms with Crippen LogP contribution in [0.3, 0.4) is 0 Å². The molecular weight excluding hydrogens is 406 g/mol. The highest BCUT2D eigenvalue weighted by Crippen LogP contribution is 2.25. The van der Waals surface area contributed by atoms with Crippen LogP contribution in [0.2, 0.25) is 0 Å². The van der Waals surface area contributed by atoms with Crippen LogP contribution in [-0.4, -0.2) is 38.0 Å². The van der Waals surface area contributed by atoms with Crippen LogP contribution in [0.4, 0.5) is 0 Å². The third kappa shape index (κ3) is 3.35. The Kier molecular flexibility index (Phi) is 4.02. The number of benzene rings is 2. The zero-order chi connectivity index (χ0) is 24.7. The molecular formula is C24H21N5O3. The van der Waals surface area contributed by atoms with Gasteiger partial charge >= 0.3 is 0 Å². The Balaban J connectivity index is 1.72. The maximum atomic E-state index is 13.8. The average molecular weight is 430 g/mol. The first kappa shape index (κ1) is 16.5. The maximum Gasteiger partial charge on any atom is 0.283 e. The summed E-state index contributed by atoms with van der Waals surface area (Å²) < 4.78 is 35.5. The molecule has 0 aliphatic carbocycles. The van der Waals surface area contributed by atoms with Crippen LogP contribution in [0.15, 0.2) is 65.6 Å². The van der Waals surface area contributed by atoms with Crippen molar-refractivity contribution in [3.8, 4) is 28.6 Å². The summed E-state index contributed by atoms with van der Waals surface area (Å²) >= 11 is 0. The fraction of sp³-hybridized carbons (Fsp3) is 0.167. The van der Waals surface area contributed by atoms with E-state index < -0.39 is 7.04 Å². The molecule has 3 heterocycles. The fourth-order valence-corrected chi connectivity index (χ4v) is 3.66. The number of ether oxygens (including phenoxy) is 2. The van der Waals surface area contributed by atoms with Crippen molar-refractivity contribution in [1.82, 2.24) is 24.3 Å². The lowest BCUT2D eigenvalue weighted by atomic mass is 10.1. The summed E-state index contributed by atoms with van der Waals surface area (Å²) in [7, 11) is -0.740. The van der Waals surface area contributed by atoms with Crippen molar-refractivity contribution in [2.24, 2.45) is 7.05 Å². The molecule has 0 saturated heterocycles. The lowest BCUT2D eigenvalue weighted by molar-refractivity contribution is 0.328. The van der Waals surface area contributed by atoms with E-state index in [1.807, 2.05) is 38.4 Å². The molecule has 0 unspecified atom stereocenters. The normalized spacial score (nSPS) is 13.0. The molecule has 0 aliphatic rings. The Labute approximate surface area is 187 Å². The van der Waals surface area contributed by atoms with E-state index in [1.54, 1.807) is 28.9 Å². The van der Waals surface area contributed by atoms with Gasteiger partial charge in [-0.25, -0.2) is 4.98 Å². The van der Waals surface area contributed by atoms with Gasteiger partial charge in [0.1, 0.15) is 17.0 Å². The van der Waals surface area contributed by atoms with Crippen LogP contribution in [-0.2, 0) is 7.05 Å². The lowest BCUT2D eigenvalue weighted by Crippen LogP contribution is -2.23. The number of aryl methyl sites for hydroxylation is 1. The molecule has 5 rings (SSSR count). The predicted molar refractivity (Wildman–Crippen MR) is 123 cm³/mol. The van der Waals surface area contributed by atoms with Gasteiger partial charge in [0.15, 0.2) is 5.65 Å². The third-order valence-corrected chi connectivity index (χ3v) is 5.08. The van der Waals surface area contributed by atoms with Crippen molar-refractivity contribution in [2.75, 3.05) is 13.6 Å². The van der Waals surface area contributed by atoms with Crippen molar-refractivity contribution >= 4 is 22.1 Å². The van der Waals surface area contributed by atoms with E-state index >= 15 is 0 Å². The smallest absolute Gasteiger partial charge is 0.283 e. The first-order valence-corrected chi connectivity index (χ1v) is 10.0. The van der Waals surface area contributed by atoms with Crippen molar-refractivity contribution in [2.45, 2.75) is 6.92 Å². The van der Waals surface area contributed by atoms with E-state index in [-0.39, 0.29) is 17.0 Å². The topological polar surface area (TPSA) is 84.1 Å². The molecule has 0 N–H and O–H groups in total. The Hall–Kier alpha value is -4.20. The number of hydrogen-bond acceptors (Lipinski definition) is 6. The molecule has 0 radical (unpaired) electrons. The standard InChI is InChI=1S/C24H21N5O3/c1-4-32-21-12-11-20-23(26-21)29(17-6-8-18(31-3)9-7-17)24(30)22(25-20)15-5-10-19-16(13-15)14-28(2)27-19/h5-14H,4H2,1-3H3/i3D3. The van der Waals surface area contributed by atoms with Crippen molar-refractivity contribution in [3.05, 3.63) is 71.1 Å². The Morgan fingerprint density at radius 2 is 1.84 bits per heavy atom. The molecule has 32 heavy (non-hydrogen) atoms. The van der Waals surface area contributed by atoms with Gasteiger partial charge in [0.05, 0.1) is 29.0 Å². The van der Waals surface area contributed by atoms with Gasteiger partial charge in [0.25, 0.3) is 5.56 Å². The van der Waals surface area contributed by atoms with Crippen LogP contribution < -0.4 is 15.0 Å². The van der Waals surface area contributed by atoms with E-state index in [9.17, 15) is 4.79 Å². The van der Waals surface area contributed by atoms with Gasteiger partial charge in [-0.2, -0.15) is 10.1 Å². The van der Waals surface area contributed by atoms with E-state index in [4.69, 9.17) is 13.6 Å². The van der Waals surface area contributed by atoms with Crippen LogP contribution >= 0.6 is 0 Å². The minimum absolute atomic E-state index is 0.158. The lowest BCUT2D eigenvalue weighted by Gasteiger charge is -2.13.